The van der Waals surface area contributed by atoms with E-state index in [2.05, 4.69) is 25.6 Å². The average molecular weight is 601 g/mol. The Morgan fingerprint density at radius 1 is 1.00 bits per heavy atom. The van der Waals surface area contributed by atoms with Gasteiger partial charge < -0.3 is 30.1 Å². The number of ether oxygens (including phenoxy) is 2. The van der Waals surface area contributed by atoms with E-state index in [4.69, 9.17) is 9.47 Å². The lowest BCUT2D eigenvalue weighted by Gasteiger charge is -2.26. The number of imidazole rings is 1. The van der Waals surface area contributed by atoms with Gasteiger partial charge in [0, 0.05) is 48.3 Å². The van der Waals surface area contributed by atoms with Crippen LogP contribution in [0.15, 0.2) is 73.3 Å². The predicted octanol–water partition coefficient (Wildman–Crippen LogP) is 2.15. The van der Waals surface area contributed by atoms with Gasteiger partial charge in [-0.05, 0) is 23.6 Å². The molecule has 4 amide bonds. The van der Waals surface area contributed by atoms with E-state index in [0.29, 0.717) is 5.69 Å². The second-order valence-electron chi connectivity index (χ2n) is 10.3. The molecule has 0 aliphatic carbocycles. The highest BCUT2D eigenvalue weighted by atomic mass is 16.6. The summed E-state index contributed by atoms with van der Waals surface area (Å²) >= 11 is 0. The third-order valence-corrected chi connectivity index (χ3v) is 7.43. The molecule has 0 saturated carbocycles. The van der Waals surface area contributed by atoms with E-state index in [0.717, 1.165) is 26.9 Å². The number of aromatic nitrogens is 3. The Balaban J connectivity index is 1.30. The fourth-order valence-electron chi connectivity index (χ4n) is 5.17. The third-order valence-electron chi connectivity index (χ3n) is 7.43. The van der Waals surface area contributed by atoms with Gasteiger partial charge in [0.05, 0.1) is 13.4 Å². The lowest BCUT2D eigenvalue weighted by atomic mass is 10.0. The molecule has 5 rings (SSSR count). The second-order valence-corrected chi connectivity index (χ2v) is 10.3. The number of H-pyrrole nitrogens is 2. The van der Waals surface area contributed by atoms with Gasteiger partial charge in [0.1, 0.15) is 24.7 Å². The number of benzene rings is 2. The Kier molecular flexibility index (Phi) is 9.33. The number of carbonyl (C=O) groups is 5. The van der Waals surface area contributed by atoms with Crippen molar-refractivity contribution in [1.82, 2.24) is 30.5 Å². The zero-order valence-electron chi connectivity index (χ0n) is 23.9. The monoisotopic (exact) mass is 600 g/mol. The molecule has 44 heavy (non-hydrogen) atoms. The Bertz CT molecular complexity index is 1640. The van der Waals surface area contributed by atoms with E-state index in [1.165, 1.54) is 19.6 Å². The van der Waals surface area contributed by atoms with Crippen LogP contribution in [0.25, 0.3) is 10.9 Å². The molecule has 1 aliphatic heterocycles. The number of carbonyl (C=O) groups excluding carboxylic acids is 5. The van der Waals surface area contributed by atoms with E-state index in [1.807, 2.05) is 30.3 Å². The molecule has 0 radical (unpaired) electrons. The molecule has 0 spiro atoms. The Labute approximate surface area is 252 Å². The SMILES string of the molecule is COC(=O)[C@H](Cc1c[nH]c2ccccc12)NC(=O)[C@H](Cc1cnc[nH]1)NC(=O)[C@@H]1CCC(=O)N1C(=O)OCc1ccccc1. The van der Waals surface area contributed by atoms with Crippen molar-refractivity contribution in [2.24, 2.45) is 0 Å². The van der Waals surface area contributed by atoms with Crippen LogP contribution in [0.2, 0.25) is 0 Å². The molecule has 1 aliphatic rings. The average Bonchev–Trinajstić information content (AvgIpc) is 3.80. The van der Waals surface area contributed by atoms with E-state index < -0.39 is 47.9 Å². The highest BCUT2D eigenvalue weighted by Gasteiger charge is 2.42. The molecule has 13 heteroatoms. The molecule has 3 heterocycles. The minimum absolute atomic E-state index is 0.00231. The number of amides is 4. The molecule has 228 valence electrons. The van der Waals surface area contributed by atoms with E-state index in [9.17, 15) is 24.0 Å². The van der Waals surface area contributed by atoms with Crippen molar-refractivity contribution in [1.29, 1.82) is 0 Å². The van der Waals surface area contributed by atoms with Gasteiger partial charge >= 0.3 is 12.1 Å². The van der Waals surface area contributed by atoms with Gasteiger partial charge in [-0.2, -0.15) is 0 Å². The Hall–Kier alpha value is -5.46. The molecular formula is C31H32N6O7. The molecular weight excluding hydrogens is 568 g/mol. The lowest BCUT2D eigenvalue weighted by Crippen LogP contribution is -2.56. The normalized spacial score (nSPS) is 15.9. The number of rotatable bonds is 11. The van der Waals surface area contributed by atoms with E-state index in [1.54, 1.807) is 30.5 Å². The molecule has 4 aromatic rings. The van der Waals surface area contributed by atoms with Crippen molar-refractivity contribution in [3.8, 4) is 0 Å². The maximum absolute atomic E-state index is 13.6. The van der Waals surface area contributed by atoms with Gasteiger partial charge in [0.15, 0.2) is 0 Å². The zero-order valence-corrected chi connectivity index (χ0v) is 23.9. The van der Waals surface area contributed by atoms with Crippen LogP contribution in [0.4, 0.5) is 4.79 Å². The molecule has 1 fully saturated rings. The summed E-state index contributed by atoms with van der Waals surface area (Å²) in [5.74, 6) is -2.59. The smallest absolute Gasteiger partial charge is 0.417 e. The fourth-order valence-corrected chi connectivity index (χ4v) is 5.17. The number of fused-ring (bicyclic) bond motifs is 1. The van der Waals surface area contributed by atoms with Gasteiger partial charge in [-0.15, -0.1) is 0 Å². The van der Waals surface area contributed by atoms with Crippen molar-refractivity contribution in [2.75, 3.05) is 7.11 Å². The van der Waals surface area contributed by atoms with Crippen LogP contribution in [0.5, 0.6) is 0 Å². The molecule has 13 nitrogen and oxygen atoms in total. The molecule has 2 aromatic heterocycles. The number of hydrogen-bond donors (Lipinski definition) is 4. The predicted molar refractivity (Wildman–Crippen MR) is 157 cm³/mol. The summed E-state index contributed by atoms with van der Waals surface area (Å²) in [6.07, 6.45) is 3.90. The van der Waals surface area contributed by atoms with Crippen LogP contribution in [0.1, 0.15) is 29.7 Å². The molecule has 3 atom stereocenters. The first-order valence-corrected chi connectivity index (χ1v) is 14.1. The summed E-state index contributed by atoms with van der Waals surface area (Å²) in [6.45, 7) is -0.0754. The lowest BCUT2D eigenvalue weighted by molar-refractivity contribution is -0.145. The summed E-state index contributed by atoms with van der Waals surface area (Å²) in [5, 5.41) is 6.27. The molecule has 2 aromatic carbocycles. The number of methoxy groups -OCH3 is 1. The molecule has 4 N–H and O–H groups in total. The van der Waals surface area contributed by atoms with Crippen LogP contribution < -0.4 is 10.6 Å². The maximum atomic E-state index is 13.6. The number of esters is 1. The number of para-hydroxylation sites is 1. The van der Waals surface area contributed by atoms with Gasteiger partial charge in [-0.25, -0.2) is 19.5 Å². The van der Waals surface area contributed by atoms with Crippen molar-refractivity contribution >= 4 is 40.7 Å². The second kappa shape index (κ2) is 13.7. The first kappa shape index (κ1) is 30.0. The van der Waals surface area contributed by atoms with E-state index in [-0.39, 0.29) is 32.3 Å². The number of nitrogens with zero attached hydrogens (tertiary/aromatic N) is 2. The van der Waals surface area contributed by atoms with Crippen LogP contribution in [0.3, 0.4) is 0 Å². The van der Waals surface area contributed by atoms with Gasteiger partial charge in [-0.3, -0.25) is 14.4 Å². The number of aromatic amines is 2. The number of nitrogens with one attached hydrogen (secondary N) is 4. The molecule has 0 unspecified atom stereocenters. The maximum Gasteiger partial charge on any atom is 0.417 e. The number of hydrogen-bond acceptors (Lipinski definition) is 8. The highest BCUT2D eigenvalue weighted by molar-refractivity contribution is 6.01. The van der Waals surface area contributed by atoms with Crippen molar-refractivity contribution in [2.45, 2.75) is 50.4 Å². The Morgan fingerprint density at radius 2 is 1.77 bits per heavy atom. The standard InChI is InChI=1S/C31H32N6O7/c1-43-30(41)25(13-20-15-33-23-10-6-5-9-22(20)23)36-28(39)24(14-21-16-32-18-34-21)35-29(40)26-11-12-27(38)37(26)31(42)44-17-19-7-3-2-4-8-19/h2-10,15-16,18,24-26,33H,11-14,17H2,1H3,(H,32,34)(H,35,40)(H,36,39)/t24-,25-,26-/m0/s1. The van der Waals surface area contributed by atoms with Gasteiger partial charge in [0.25, 0.3) is 0 Å². The van der Waals surface area contributed by atoms with Crippen molar-refractivity contribution in [3.63, 3.8) is 0 Å². The highest BCUT2D eigenvalue weighted by Crippen LogP contribution is 2.22. The Morgan fingerprint density at radius 3 is 2.52 bits per heavy atom. The summed E-state index contributed by atoms with van der Waals surface area (Å²) < 4.78 is 10.3. The fraction of sp³-hybridized carbons (Fsp3) is 0.290. The topological polar surface area (TPSA) is 176 Å². The molecule has 1 saturated heterocycles. The van der Waals surface area contributed by atoms with Crippen molar-refractivity contribution < 1.29 is 33.4 Å². The van der Waals surface area contributed by atoms with Gasteiger partial charge in [0.2, 0.25) is 17.7 Å². The first-order valence-electron chi connectivity index (χ1n) is 14.1. The third kappa shape index (κ3) is 6.94. The van der Waals surface area contributed by atoms with Crippen molar-refractivity contribution in [3.05, 3.63) is 90.1 Å². The van der Waals surface area contributed by atoms with E-state index >= 15 is 0 Å². The minimum atomic E-state index is -1.18. The minimum Gasteiger partial charge on any atom is -0.467 e. The number of likely N-dealkylation sites (tertiary alicyclic amines) is 1. The summed E-state index contributed by atoms with van der Waals surface area (Å²) in [7, 11) is 1.23. The van der Waals surface area contributed by atoms with Crippen LogP contribution in [-0.2, 0) is 48.1 Å². The summed E-state index contributed by atoms with van der Waals surface area (Å²) in [6, 6.07) is 13.1. The molecule has 0 bridgehead atoms. The summed E-state index contributed by atoms with van der Waals surface area (Å²) in [4.78, 5) is 76.2. The largest absolute Gasteiger partial charge is 0.467 e. The summed E-state index contributed by atoms with van der Waals surface area (Å²) in [5.41, 5.74) is 2.93. The quantitative estimate of drug-likeness (QED) is 0.189. The number of imide groups is 1. The first-order chi connectivity index (χ1) is 21.3. The van der Waals surface area contributed by atoms with Gasteiger partial charge in [-0.1, -0.05) is 48.5 Å². The van der Waals surface area contributed by atoms with Crippen LogP contribution >= 0.6 is 0 Å². The van der Waals surface area contributed by atoms with Crippen LogP contribution in [-0.4, -0.2) is 74.9 Å². The zero-order chi connectivity index (χ0) is 31.1. The van der Waals surface area contributed by atoms with Crippen LogP contribution in [0, 0.1) is 0 Å².